The lowest BCUT2D eigenvalue weighted by Crippen LogP contribution is -2.55. The molecule has 2 aliphatic carbocycles. The predicted molar refractivity (Wildman–Crippen MR) is 93.2 cm³/mol. The van der Waals surface area contributed by atoms with Crippen LogP contribution >= 0.6 is 0 Å². The molecule has 0 bridgehead atoms. The van der Waals surface area contributed by atoms with E-state index >= 15 is 0 Å². The number of carbonyl (C=O) groups excluding carboxylic acids is 1. The molecule has 2 aliphatic rings. The van der Waals surface area contributed by atoms with Crippen LogP contribution in [0.15, 0.2) is 30.3 Å². The van der Waals surface area contributed by atoms with Crippen LogP contribution in [0.4, 0.5) is 4.79 Å². The number of nitrogens with zero attached hydrogens (tertiary/aromatic N) is 1. The van der Waals surface area contributed by atoms with Crippen LogP contribution in [0.1, 0.15) is 44.1 Å². The number of carboxylic acid groups (broad SMARTS) is 1. The van der Waals surface area contributed by atoms with E-state index in [-0.39, 0.29) is 25.2 Å². The van der Waals surface area contributed by atoms with E-state index in [0.29, 0.717) is 6.04 Å². The third-order valence-electron chi connectivity index (χ3n) is 5.01. The monoisotopic (exact) mass is 346 g/mol. The Kier molecular flexibility index (Phi) is 5.91. The molecule has 0 heterocycles. The van der Waals surface area contributed by atoms with Crippen LogP contribution in [0.5, 0.6) is 0 Å². The molecule has 6 nitrogen and oxygen atoms in total. The molecule has 2 saturated carbocycles. The van der Waals surface area contributed by atoms with Crippen LogP contribution in [-0.4, -0.2) is 46.7 Å². The first-order chi connectivity index (χ1) is 12.1. The number of ether oxygens (including phenoxy) is 1. The molecule has 25 heavy (non-hydrogen) atoms. The SMILES string of the molecule is O=C(O)CN(C1CC1)[C@@H]1CCCC[C@H]1NC(=O)OCc1ccccc1. The molecule has 0 saturated heterocycles. The highest BCUT2D eigenvalue weighted by Crippen LogP contribution is 2.33. The van der Waals surface area contributed by atoms with Gasteiger partial charge >= 0.3 is 12.1 Å². The Bertz CT molecular complexity index is 588. The highest BCUT2D eigenvalue weighted by atomic mass is 16.5. The summed E-state index contributed by atoms with van der Waals surface area (Å²) in [6, 6.07) is 9.96. The fourth-order valence-electron chi connectivity index (χ4n) is 3.67. The molecular weight excluding hydrogens is 320 g/mol. The van der Waals surface area contributed by atoms with Gasteiger partial charge in [-0.1, -0.05) is 43.2 Å². The normalized spacial score (nSPS) is 23.2. The molecule has 1 aromatic rings. The van der Waals surface area contributed by atoms with Crippen molar-refractivity contribution in [2.75, 3.05) is 6.54 Å². The van der Waals surface area contributed by atoms with Gasteiger partial charge in [0.05, 0.1) is 6.54 Å². The summed E-state index contributed by atoms with van der Waals surface area (Å²) in [5, 5.41) is 12.2. The molecular formula is C19H26N2O4. The molecule has 2 N–H and O–H groups in total. The largest absolute Gasteiger partial charge is 0.480 e. The number of carbonyl (C=O) groups is 2. The van der Waals surface area contributed by atoms with Crippen molar-refractivity contribution < 1.29 is 19.4 Å². The summed E-state index contributed by atoms with van der Waals surface area (Å²) in [4.78, 5) is 25.5. The topological polar surface area (TPSA) is 78.9 Å². The van der Waals surface area contributed by atoms with Gasteiger partial charge in [-0.25, -0.2) is 4.79 Å². The van der Waals surface area contributed by atoms with E-state index in [1.165, 1.54) is 0 Å². The second-order valence-corrected chi connectivity index (χ2v) is 6.96. The lowest BCUT2D eigenvalue weighted by Gasteiger charge is -2.39. The van der Waals surface area contributed by atoms with Crippen molar-refractivity contribution >= 4 is 12.1 Å². The molecule has 1 amide bonds. The fourth-order valence-corrected chi connectivity index (χ4v) is 3.67. The Morgan fingerprint density at radius 3 is 2.52 bits per heavy atom. The lowest BCUT2D eigenvalue weighted by atomic mass is 9.89. The van der Waals surface area contributed by atoms with Crippen LogP contribution < -0.4 is 5.32 Å². The van der Waals surface area contributed by atoms with Gasteiger partial charge in [0.1, 0.15) is 6.61 Å². The van der Waals surface area contributed by atoms with Gasteiger partial charge in [-0.05, 0) is 31.2 Å². The van der Waals surface area contributed by atoms with E-state index in [4.69, 9.17) is 4.74 Å². The standard InChI is InChI=1S/C19H26N2O4/c22-18(23)12-21(15-10-11-15)17-9-5-4-8-16(17)20-19(24)25-13-14-6-2-1-3-7-14/h1-3,6-7,15-17H,4-5,8-13H2,(H,20,24)(H,22,23)/t16-,17-/m1/s1. The van der Waals surface area contributed by atoms with Crippen LogP contribution in [0, 0.1) is 0 Å². The Morgan fingerprint density at radius 1 is 1.12 bits per heavy atom. The summed E-state index contributed by atoms with van der Waals surface area (Å²) in [6.07, 6.45) is 5.59. The van der Waals surface area contributed by atoms with Crippen molar-refractivity contribution in [1.82, 2.24) is 10.2 Å². The van der Waals surface area contributed by atoms with Gasteiger partial charge in [-0.3, -0.25) is 9.69 Å². The fraction of sp³-hybridized carbons (Fsp3) is 0.579. The molecule has 3 rings (SSSR count). The van der Waals surface area contributed by atoms with E-state index in [9.17, 15) is 14.7 Å². The van der Waals surface area contributed by atoms with Crippen LogP contribution in [0.2, 0.25) is 0 Å². The third kappa shape index (κ3) is 5.19. The van der Waals surface area contributed by atoms with Crippen LogP contribution in [0.3, 0.4) is 0 Å². The summed E-state index contributed by atoms with van der Waals surface area (Å²) >= 11 is 0. The number of benzene rings is 1. The smallest absolute Gasteiger partial charge is 0.407 e. The van der Waals surface area contributed by atoms with Gasteiger partial charge in [0, 0.05) is 18.1 Å². The van der Waals surface area contributed by atoms with Crippen molar-refractivity contribution in [3.63, 3.8) is 0 Å². The van der Waals surface area contributed by atoms with Crippen LogP contribution in [0.25, 0.3) is 0 Å². The highest BCUT2D eigenvalue weighted by molar-refractivity contribution is 5.69. The molecule has 0 aliphatic heterocycles. The zero-order valence-electron chi connectivity index (χ0n) is 14.4. The maximum absolute atomic E-state index is 12.2. The van der Waals surface area contributed by atoms with E-state index in [0.717, 1.165) is 44.1 Å². The van der Waals surface area contributed by atoms with Crippen molar-refractivity contribution in [3.8, 4) is 0 Å². The second kappa shape index (κ2) is 8.34. The molecule has 1 aromatic carbocycles. The maximum atomic E-state index is 12.2. The zero-order chi connectivity index (χ0) is 17.6. The van der Waals surface area contributed by atoms with Gasteiger partial charge in [-0.2, -0.15) is 0 Å². The minimum atomic E-state index is -0.803. The number of rotatable bonds is 7. The van der Waals surface area contributed by atoms with Gasteiger partial charge in [0.2, 0.25) is 0 Å². The van der Waals surface area contributed by atoms with Crippen molar-refractivity contribution in [2.24, 2.45) is 0 Å². The van der Waals surface area contributed by atoms with E-state index < -0.39 is 12.1 Å². The number of nitrogens with one attached hydrogen (secondary N) is 1. The molecule has 2 fully saturated rings. The van der Waals surface area contributed by atoms with Gasteiger partial charge < -0.3 is 15.2 Å². The average Bonchev–Trinajstić information content (AvgIpc) is 3.44. The van der Waals surface area contributed by atoms with Crippen molar-refractivity contribution in [3.05, 3.63) is 35.9 Å². The number of alkyl carbamates (subject to hydrolysis) is 1. The van der Waals surface area contributed by atoms with Gasteiger partial charge in [0.15, 0.2) is 0 Å². The third-order valence-corrected chi connectivity index (χ3v) is 5.01. The first-order valence-electron chi connectivity index (χ1n) is 9.08. The summed E-state index contributed by atoms with van der Waals surface area (Å²) in [5.41, 5.74) is 0.948. The minimum Gasteiger partial charge on any atom is -0.480 e. The second-order valence-electron chi connectivity index (χ2n) is 6.96. The van der Waals surface area contributed by atoms with E-state index in [2.05, 4.69) is 10.2 Å². The van der Waals surface area contributed by atoms with E-state index in [1.54, 1.807) is 0 Å². The van der Waals surface area contributed by atoms with Crippen molar-refractivity contribution in [2.45, 2.75) is 63.3 Å². The molecule has 0 unspecified atom stereocenters. The maximum Gasteiger partial charge on any atom is 0.407 e. The van der Waals surface area contributed by atoms with Crippen molar-refractivity contribution in [1.29, 1.82) is 0 Å². The minimum absolute atomic E-state index is 0.0445. The number of amides is 1. The number of hydrogen-bond donors (Lipinski definition) is 2. The lowest BCUT2D eigenvalue weighted by molar-refractivity contribution is -0.139. The molecule has 0 radical (unpaired) electrons. The van der Waals surface area contributed by atoms with E-state index in [1.807, 2.05) is 30.3 Å². The Labute approximate surface area is 148 Å². The predicted octanol–water partition coefficient (Wildman–Crippen LogP) is 2.77. The summed E-state index contributed by atoms with van der Waals surface area (Å²) < 4.78 is 5.33. The molecule has 0 aromatic heterocycles. The summed E-state index contributed by atoms with van der Waals surface area (Å²) in [6.45, 7) is 0.290. The number of carboxylic acids is 1. The Hall–Kier alpha value is -2.08. The number of aliphatic carboxylic acids is 1. The molecule has 0 spiro atoms. The van der Waals surface area contributed by atoms with Gasteiger partial charge in [-0.15, -0.1) is 0 Å². The first-order valence-corrected chi connectivity index (χ1v) is 9.08. The quantitative estimate of drug-likeness (QED) is 0.794. The molecule has 2 atom stereocenters. The highest BCUT2D eigenvalue weighted by Gasteiger charge is 2.40. The summed E-state index contributed by atoms with van der Waals surface area (Å²) in [5.74, 6) is -0.803. The Morgan fingerprint density at radius 2 is 1.84 bits per heavy atom. The summed E-state index contributed by atoms with van der Waals surface area (Å²) in [7, 11) is 0. The zero-order valence-corrected chi connectivity index (χ0v) is 14.4. The average molecular weight is 346 g/mol. The Balaban J connectivity index is 1.56. The molecule has 136 valence electrons. The molecule has 6 heteroatoms. The van der Waals surface area contributed by atoms with Gasteiger partial charge in [0.25, 0.3) is 0 Å². The first kappa shape index (κ1) is 17.7. The number of hydrogen-bond acceptors (Lipinski definition) is 4. The van der Waals surface area contributed by atoms with Crippen LogP contribution in [-0.2, 0) is 16.1 Å².